The van der Waals surface area contributed by atoms with Gasteiger partial charge in [0.1, 0.15) is 0 Å². The van der Waals surface area contributed by atoms with E-state index in [2.05, 4.69) is 43.6 Å². The largest absolute Gasteiger partial charge is 0.321 e. The summed E-state index contributed by atoms with van der Waals surface area (Å²) in [5.41, 5.74) is 4.98. The van der Waals surface area contributed by atoms with Gasteiger partial charge in [-0.15, -0.1) is 0 Å². The zero-order valence-electron chi connectivity index (χ0n) is 14.0. The highest BCUT2D eigenvalue weighted by Crippen LogP contribution is 2.19. The van der Waals surface area contributed by atoms with Crippen LogP contribution >= 0.6 is 0 Å². The van der Waals surface area contributed by atoms with Crippen LogP contribution in [0.5, 0.6) is 0 Å². The van der Waals surface area contributed by atoms with E-state index in [1.807, 2.05) is 22.9 Å². The number of benzene rings is 1. The molecule has 3 heteroatoms. The first-order valence-corrected chi connectivity index (χ1v) is 8.52. The predicted molar refractivity (Wildman–Crippen MR) is 92.4 cm³/mol. The molecule has 1 aliphatic carbocycles. The van der Waals surface area contributed by atoms with Crippen LogP contribution < -0.4 is 9.88 Å². The number of fused-ring (bicyclic) bond motifs is 1. The van der Waals surface area contributed by atoms with Crippen molar-refractivity contribution in [2.45, 2.75) is 52.0 Å². The smallest absolute Gasteiger partial charge is 0.290 e. The Morgan fingerprint density at radius 3 is 2.48 bits per heavy atom. The minimum atomic E-state index is 0.0167. The van der Waals surface area contributed by atoms with E-state index in [-0.39, 0.29) is 5.91 Å². The molecule has 1 aliphatic rings. The van der Waals surface area contributed by atoms with E-state index >= 15 is 0 Å². The van der Waals surface area contributed by atoms with Crippen LogP contribution in [0.2, 0.25) is 0 Å². The molecule has 0 radical (unpaired) electrons. The second kappa shape index (κ2) is 6.95. The number of carbonyl (C=O) groups is 1. The van der Waals surface area contributed by atoms with Crippen LogP contribution in [0.4, 0.5) is 5.69 Å². The Balaban J connectivity index is 1.63. The van der Waals surface area contributed by atoms with Gasteiger partial charge in [0.2, 0.25) is 6.54 Å². The molecule has 0 unspecified atom stereocenters. The Bertz CT molecular complexity index is 689. The number of hydrogen-bond acceptors (Lipinski definition) is 1. The lowest BCUT2D eigenvalue weighted by Gasteiger charge is -2.13. The summed E-state index contributed by atoms with van der Waals surface area (Å²) in [6, 6.07) is 10.3. The van der Waals surface area contributed by atoms with Crippen molar-refractivity contribution in [3.63, 3.8) is 0 Å². The van der Waals surface area contributed by atoms with Gasteiger partial charge in [-0.25, -0.2) is 0 Å². The maximum Gasteiger partial charge on any atom is 0.290 e. The molecule has 3 nitrogen and oxygen atoms in total. The fourth-order valence-corrected chi connectivity index (χ4v) is 3.13. The molecule has 1 aromatic carbocycles. The molecule has 0 spiro atoms. The lowest BCUT2D eigenvalue weighted by Crippen LogP contribution is -2.40. The van der Waals surface area contributed by atoms with Crippen molar-refractivity contribution in [3.05, 3.63) is 59.4 Å². The van der Waals surface area contributed by atoms with Gasteiger partial charge in [-0.1, -0.05) is 26.0 Å². The normalized spacial score (nSPS) is 13.7. The van der Waals surface area contributed by atoms with Gasteiger partial charge in [-0.05, 0) is 54.9 Å². The Labute approximate surface area is 138 Å². The zero-order chi connectivity index (χ0) is 16.2. The van der Waals surface area contributed by atoms with Gasteiger partial charge in [0, 0.05) is 17.3 Å². The Kier molecular flexibility index (Phi) is 4.75. The molecule has 3 rings (SSSR count). The summed E-state index contributed by atoms with van der Waals surface area (Å²) in [5, 5.41) is 2.98. The molecular weight excluding hydrogens is 284 g/mol. The fraction of sp³-hybridized carbons (Fsp3) is 0.400. The molecular formula is C20H25N2O+. The van der Waals surface area contributed by atoms with E-state index in [4.69, 9.17) is 0 Å². The summed E-state index contributed by atoms with van der Waals surface area (Å²) >= 11 is 0. The van der Waals surface area contributed by atoms with Crippen LogP contribution in [0.3, 0.4) is 0 Å². The summed E-state index contributed by atoms with van der Waals surface area (Å²) in [5.74, 6) is 0.522. The fourth-order valence-electron chi connectivity index (χ4n) is 3.13. The highest BCUT2D eigenvalue weighted by Gasteiger charge is 2.15. The summed E-state index contributed by atoms with van der Waals surface area (Å²) in [7, 11) is 0. The molecule has 1 aromatic heterocycles. The summed E-state index contributed by atoms with van der Waals surface area (Å²) in [6.45, 7) is 4.69. The van der Waals surface area contributed by atoms with Gasteiger partial charge >= 0.3 is 0 Å². The van der Waals surface area contributed by atoms with E-state index in [1.54, 1.807) is 0 Å². The third-order valence-electron chi connectivity index (χ3n) is 4.53. The summed E-state index contributed by atoms with van der Waals surface area (Å²) < 4.78 is 1.99. The number of hydrogen-bond donors (Lipinski definition) is 1. The second-order valence-corrected chi connectivity index (χ2v) is 6.70. The molecule has 0 fully saturated rings. The van der Waals surface area contributed by atoms with E-state index in [0.29, 0.717) is 12.5 Å². The summed E-state index contributed by atoms with van der Waals surface area (Å²) in [6.07, 6.45) is 9.00. The predicted octanol–water partition coefficient (Wildman–Crippen LogP) is 3.62. The van der Waals surface area contributed by atoms with Gasteiger partial charge in [0.15, 0.2) is 12.4 Å². The minimum Gasteiger partial charge on any atom is -0.321 e. The zero-order valence-corrected chi connectivity index (χ0v) is 14.0. The first kappa shape index (κ1) is 15.7. The van der Waals surface area contributed by atoms with Crippen LogP contribution in [0.15, 0.2) is 42.7 Å². The number of pyridine rings is 1. The molecule has 1 amide bonds. The molecule has 0 saturated carbocycles. The maximum atomic E-state index is 12.2. The van der Waals surface area contributed by atoms with Crippen molar-refractivity contribution >= 4 is 11.6 Å². The number of carbonyl (C=O) groups excluding carboxylic acids is 1. The SMILES string of the molecule is CC(C)c1ccc(NC(=O)C[n+]2ccc3c(c2)CCCC3)cc1. The number of aryl methyl sites for hydroxylation is 2. The Hall–Kier alpha value is -2.16. The lowest BCUT2D eigenvalue weighted by atomic mass is 9.93. The van der Waals surface area contributed by atoms with Crippen LogP contribution in [0, 0.1) is 0 Å². The standard InChI is InChI=1S/C20H24N2O/c1-15(2)16-7-9-19(10-8-16)21-20(23)14-22-12-11-17-5-3-4-6-18(17)13-22/h7-13,15H,3-6,14H2,1-2H3/p+1. The lowest BCUT2D eigenvalue weighted by molar-refractivity contribution is -0.684. The van der Waals surface area contributed by atoms with Gasteiger partial charge < -0.3 is 5.32 Å². The number of aromatic nitrogens is 1. The van der Waals surface area contributed by atoms with Gasteiger partial charge in [-0.3, -0.25) is 4.79 Å². The number of nitrogens with one attached hydrogen (secondary N) is 1. The first-order chi connectivity index (χ1) is 11.1. The molecule has 23 heavy (non-hydrogen) atoms. The van der Waals surface area contributed by atoms with Crippen molar-refractivity contribution in [1.82, 2.24) is 0 Å². The van der Waals surface area contributed by atoms with Gasteiger partial charge in [0.25, 0.3) is 5.91 Å². The van der Waals surface area contributed by atoms with E-state index in [9.17, 15) is 4.79 Å². The minimum absolute atomic E-state index is 0.0167. The molecule has 120 valence electrons. The number of rotatable bonds is 4. The topological polar surface area (TPSA) is 33.0 Å². The number of anilines is 1. The average molecular weight is 309 g/mol. The average Bonchev–Trinajstić information content (AvgIpc) is 2.55. The third kappa shape index (κ3) is 3.98. The maximum absolute atomic E-state index is 12.2. The molecule has 1 heterocycles. The number of nitrogens with zero attached hydrogens (tertiary/aromatic N) is 1. The second-order valence-electron chi connectivity index (χ2n) is 6.70. The highest BCUT2D eigenvalue weighted by atomic mass is 16.1. The van der Waals surface area contributed by atoms with Crippen molar-refractivity contribution in [2.24, 2.45) is 0 Å². The number of amides is 1. The summed E-state index contributed by atoms with van der Waals surface area (Å²) in [4.78, 5) is 12.2. The van der Waals surface area contributed by atoms with Crippen LogP contribution in [0.1, 0.15) is 49.3 Å². The molecule has 2 aromatic rings. The quantitative estimate of drug-likeness (QED) is 0.860. The Morgan fingerprint density at radius 2 is 1.78 bits per heavy atom. The molecule has 0 saturated heterocycles. The third-order valence-corrected chi connectivity index (χ3v) is 4.53. The highest BCUT2D eigenvalue weighted by molar-refractivity contribution is 5.89. The van der Waals surface area contributed by atoms with Crippen LogP contribution in [-0.4, -0.2) is 5.91 Å². The van der Waals surface area contributed by atoms with E-state index in [0.717, 1.165) is 12.1 Å². The van der Waals surface area contributed by atoms with Crippen molar-refractivity contribution in [1.29, 1.82) is 0 Å². The molecule has 0 atom stereocenters. The van der Waals surface area contributed by atoms with E-state index in [1.165, 1.54) is 36.0 Å². The van der Waals surface area contributed by atoms with E-state index < -0.39 is 0 Å². The van der Waals surface area contributed by atoms with Crippen molar-refractivity contribution < 1.29 is 9.36 Å². The molecule has 0 aliphatic heterocycles. The monoisotopic (exact) mass is 309 g/mol. The van der Waals surface area contributed by atoms with Gasteiger partial charge in [-0.2, -0.15) is 4.57 Å². The molecule has 0 bridgehead atoms. The first-order valence-electron chi connectivity index (χ1n) is 8.52. The van der Waals surface area contributed by atoms with Gasteiger partial charge in [0.05, 0.1) is 0 Å². The Morgan fingerprint density at radius 1 is 1.09 bits per heavy atom. The molecule has 1 N–H and O–H groups in total. The van der Waals surface area contributed by atoms with Crippen molar-refractivity contribution in [2.75, 3.05) is 5.32 Å². The van der Waals surface area contributed by atoms with Crippen LogP contribution in [0.25, 0.3) is 0 Å². The van der Waals surface area contributed by atoms with Crippen molar-refractivity contribution in [3.8, 4) is 0 Å². The van der Waals surface area contributed by atoms with Crippen LogP contribution in [-0.2, 0) is 24.2 Å².